The molecule has 4 nitrogen and oxygen atoms in total. The van der Waals surface area contributed by atoms with Gasteiger partial charge in [-0.15, -0.1) is 0 Å². The quantitative estimate of drug-likeness (QED) is 0.717. The summed E-state index contributed by atoms with van der Waals surface area (Å²) in [5.41, 5.74) is -1.10. The summed E-state index contributed by atoms with van der Waals surface area (Å²) in [5.74, 6) is -0.998. The standard InChI is InChI=1S/C12H23F3N2O2/c1-9(2)17(8-12(13,14)15)7-5-6-11(3,16-4)10(18)19/h9,16H,5-8H2,1-4H3,(H,18,19). The average Bonchev–Trinajstić information content (AvgIpc) is 2.25. The molecule has 1 atom stereocenters. The fourth-order valence-electron chi connectivity index (χ4n) is 1.72. The molecule has 19 heavy (non-hydrogen) atoms. The van der Waals surface area contributed by atoms with Gasteiger partial charge in [-0.1, -0.05) is 0 Å². The highest BCUT2D eigenvalue weighted by atomic mass is 19.4. The predicted octanol–water partition coefficient (Wildman–Crippen LogP) is 2.10. The summed E-state index contributed by atoms with van der Waals surface area (Å²) in [7, 11) is 1.53. The molecule has 0 heterocycles. The minimum absolute atomic E-state index is 0.224. The van der Waals surface area contributed by atoms with Crippen LogP contribution in [0.3, 0.4) is 0 Å². The molecule has 0 fully saturated rings. The fourth-order valence-corrected chi connectivity index (χ4v) is 1.72. The zero-order valence-corrected chi connectivity index (χ0v) is 11.8. The van der Waals surface area contributed by atoms with Crippen LogP contribution in [0.2, 0.25) is 0 Å². The molecule has 0 aromatic rings. The molecule has 2 N–H and O–H groups in total. The smallest absolute Gasteiger partial charge is 0.401 e. The van der Waals surface area contributed by atoms with E-state index < -0.39 is 24.2 Å². The van der Waals surface area contributed by atoms with Gasteiger partial charge < -0.3 is 10.4 Å². The minimum atomic E-state index is -4.23. The van der Waals surface area contributed by atoms with Crippen LogP contribution in [0.15, 0.2) is 0 Å². The monoisotopic (exact) mass is 284 g/mol. The predicted molar refractivity (Wildman–Crippen MR) is 67.1 cm³/mol. The average molecular weight is 284 g/mol. The Kier molecular flexibility index (Phi) is 6.79. The highest BCUT2D eigenvalue weighted by Gasteiger charge is 2.33. The Morgan fingerprint density at radius 2 is 1.89 bits per heavy atom. The lowest BCUT2D eigenvalue weighted by molar-refractivity contribution is -0.150. The van der Waals surface area contributed by atoms with E-state index in [1.807, 2.05) is 0 Å². The molecule has 0 aromatic heterocycles. The first kappa shape index (κ1) is 18.2. The number of carboxylic acid groups (broad SMARTS) is 1. The second-order valence-corrected chi connectivity index (χ2v) is 5.17. The van der Waals surface area contributed by atoms with Crippen molar-refractivity contribution < 1.29 is 23.1 Å². The zero-order valence-electron chi connectivity index (χ0n) is 11.8. The van der Waals surface area contributed by atoms with E-state index in [4.69, 9.17) is 5.11 Å². The SMILES string of the molecule is CNC(C)(CCCN(CC(F)(F)F)C(C)C)C(=O)O. The molecule has 0 saturated heterocycles. The van der Waals surface area contributed by atoms with Gasteiger partial charge in [0.15, 0.2) is 0 Å². The second-order valence-electron chi connectivity index (χ2n) is 5.17. The molecule has 0 aliphatic carbocycles. The van der Waals surface area contributed by atoms with E-state index in [1.165, 1.54) is 18.9 Å². The van der Waals surface area contributed by atoms with Crippen molar-refractivity contribution in [3.8, 4) is 0 Å². The van der Waals surface area contributed by atoms with Gasteiger partial charge in [-0.2, -0.15) is 13.2 Å². The van der Waals surface area contributed by atoms with Gasteiger partial charge in [0.05, 0.1) is 6.54 Å². The lowest BCUT2D eigenvalue weighted by Crippen LogP contribution is -2.48. The Bertz CT molecular complexity index is 295. The first-order chi connectivity index (χ1) is 8.52. The van der Waals surface area contributed by atoms with Crippen LogP contribution in [0.1, 0.15) is 33.6 Å². The molecule has 7 heteroatoms. The lowest BCUT2D eigenvalue weighted by Gasteiger charge is -2.29. The van der Waals surface area contributed by atoms with Gasteiger partial charge in [0.25, 0.3) is 0 Å². The number of rotatable bonds is 8. The van der Waals surface area contributed by atoms with Crippen molar-refractivity contribution >= 4 is 5.97 Å². The van der Waals surface area contributed by atoms with Crippen molar-refractivity contribution in [3.05, 3.63) is 0 Å². The lowest BCUT2D eigenvalue weighted by atomic mass is 9.96. The van der Waals surface area contributed by atoms with E-state index in [1.54, 1.807) is 13.8 Å². The summed E-state index contributed by atoms with van der Waals surface area (Å²) in [6.45, 7) is 4.18. The number of likely N-dealkylation sites (N-methyl/N-ethyl adjacent to an activating group) is 1. The van der Waals surface area contributed by atoms with Crippen LogP contribution in [0.4, 0.5) is 13.2 Å². The van der Waals surface area contributed by atoms with E-state index in [9.17, 15) is 18.0 Å². The maximum Gasteiger partial charge on any atom is 0.401 e. The Labute approximate surface area is 112 Å². The number of nitrogens with one attached hydrogen (secondary N) is 1. The Balaban J connectivity index is 4.38. The summed E-state index contributed by atoms with van der Waals surface area (Å²) in [6.07, 6.45) is -3.57. The highest BCUT2D eigenvalue weighted by molar-refractivity contribution is 5.78. The van der Waals surface area contributed by atoms with Gasteiger partial charge in [-0.25, -0.2) is 0 Å². The van der Waals surface area contributed by atoms with E-state index >= 15 is 0 Å². The van der Waals surface area contributed by atoms with Crippen LogP contribution in [0.25, 0.3) is 0 Å². The van der Waals surface area contributed by atoms with Crippen molar-refractivity contribution in [1.29, 1.82) is 0 Å². The summed E-state index contributed by atoms with van der Waals surface area (Å²) in [4.78, 5) is 12.3. The largest absolute Gasteiger partial charge is 0.480 e. The third-order valence-electron chi connectivity index (χ3n) is 3.26. The number of hydrogen-bond acceptors (Lipinski definition) is 3. The van der Waals surface area contributed by atoms with E-state index in [-0.39, 0.29) is 19.0 Å². The molecule has 0 radical (unpaired) electrons. The van der Waals surface area contributed by atoms with Crippen LogP contribution < -0.4 is 5.32 Å². The zero-order chi connectivity index (χ0) is 15.3. The van der Waals surface area contributed by atoms with E-state index in [0.717, 1.165) is 0 Å². The van der Waals surface area contributed by atoms with Gasteiger partial charge in [0.1, 0.15) is 5.54 Å². The molecule has 0 aromatic carbocycles. The molecule has 0 amide bonds. The molecule has 114 valence electrons. The number of carbonyl (C=O) groups is 1. The van der Waals surface area contributed by atoms with E-state index in [2.05, 4.69) is 5.32 Å². The molecule has 0 saturated carbocycles. The number of halogens is 3. The van der Waals surface area contributed by atoms with Gasteiger partial charge in [0, 0.05) is 6.04 Å². The topological polar surface area (TPSA) is 52.6 Å². The molecule has 0 rings (SSSR count). The van der Waals surface area contributed by atoms with Crippen LogP contribution in [-0.2, 0) is 4.79 Å². The molecule has 0 spiro atoms. The molecule has 1 unspecified atom stereocenters. The number of hydrogen-bond donors (Lipinski definition) is 2. The number of carboxylic acids is 1. The normalized spacial score (nSPS) is 15.8. The van der Waals surface area contributed by atoms with Gasteiger partial charge >= 0.3 is 12.1 Å². The number of alkyl halides is 3. The van der Waals surface area contributed by atoms with Gasteiger partial charge in [-0.05, 0) is 47.2 Å². The van der Waals surface area contributed by atoms with Crippen molar-refractivity contribution in [2.75, 3.05) is 20.1 Å². The maximum atomic E-state index is 12.4. The molecule has 0 bridgehead atoms. The fraction of sp³-hybridized carbons (Fsp3) is 0.917. The number of nitrogens with zero attached hydrogens (tertiary/aromatic N) is 1. The third kappa shape index (κ3) is 6.77. The van der Waals surface area contributed by atoms with Gasteiger partial charge in [0.2, 0.25) is 0 Å². The highest BCUT2D eigenvalue weighted by Crippen LogP contribution is 2.19. The van der Waals surface area contributed by atoms with Gasteiger partial charge in [-0.3, -0.25) is 9.69 Å². The first-order valence-electron chi connectivity index (χ1n) is 6.25. The summed E-state index contributed by atoms with van der Waals surface area (Å²) >= 11 is 0. The second kappa shape index (κ2) is 7.09. The van der Waals surface area contributed by atoms with Crippen molar-refractivity contribution in [1.82, 2.24) is 10.2 Å². The Morgan fingerprint density at radius 1 is 1.37 bits per heavy atom. The van der Waals surface area contributed by atoms with Crippen LogP contribution >= 0.6 is 0 Å². The number of aliphatic carboxylic acids is 1. The summed E-state index contributed by atoms with van der Waals surface area (Å²) in [5, 5.41) is 11.7. The Hall–Kier alpha value is -0.820. The van der Waals surface area contributed by atoms with Crippen molar-refractivity contribution in [3.63, 3.8) is 0 Å². The van der Waals surface area contributed by atoms with Crippen LogP contribution in [0.5, 0.6) is 0 Å². The molecule has 0 aliphatic heterocycles. The van der Waals surface area contributed by atoms with E-state index in [0.29, 0.717) is 6.42 Å². The van der Waals surface area contributed by atoms with Crippen LogP contribution in [0, 0.1) is 0 Å². The summed E-state index contributed by atoms with van der Waals surface area (Å²) in [6, 6.07) is -0.229. The summed E-state index contributed by atoms with van der Waals surface area (Å²) < 4.78 is 37.1. The maximum absolute atomic E-state index is 12.4. The minimum Gasteiger partial charge on any atom is -0.480 e. The Morgan fingerprint density at radius 3 is 2.21 bits per heavy atom. The molecular formula is C12H23F3N2O2. The van der Waals surface area contributed by atoms with Crippen molar-refractivity contribution in [2.24, 2.45) is 0 Å². The first-order valence-corrected chi connectivity index (χ1v) is 6.25. The van der Waals surface area contributed by atoms with Crippen LogP contribution in [-0.4, -0.2) is 53.9 Å². The molecule has 0 aliphatic rings. The van der Waals surface area contributed by atoms with Crippen molar-refractivity contribution in [2.45, 2.75) is 51.4 Å². The molecular weight excluding hydrogens is 261 g/mol. The third-order valence-corrected chi connectivity index (χ3v) is 3.26.